The van der Waals surface area contributed by atoms with E-state index in [4.69, 9.17) is 21.1 Å². The standard InChI is InChI=1S/C13H14ClNO2S/c1-9-8-18-13(15-9)7-17-12-4-3-11(16-2)5-10(12)6-14/h3-5,8H,6-7H2,1-2H3. The molecule has 96 valence electrons. The molecule has 5 heteroatoms. The molecule has 0 bridgehead atoms. The molecule has 1 heterocycles. The van der Waals surface area contributed by atoms with E-state index in [1.807, 2.05) is 30.5 Å². The van der Waals surface area contributed by atoms with E-state index < -0.39 is 0 Å². The minimum absolute atomic E-state index is 0.392. The van der Waals surface area contributed by atoms with Gasteiger partial charge in [-0.05, 0) is 25.1 Å². The summed E-state index contributed by atoms with van der Waals surface area (Å²) in [5, 5.41) is 2.97. The van der Waals surface area contributed by atoms with Crippen molar-refractivity contribution in [3.05, 3.63) is 39.8 Å². The number of aromatic nitrogens is 1. The highest BCUT2D eigenvalue weighted by atomic mass is 35.5. The molecule has 2 aromatic rings. The SMILES string of the molecule is COc1ccc(OCc2nc(C)cs2)c(CCl)c1. The smallest absolute Gasteiger partial charge is 0.140 e. The zero-order valence-electron chi connectivity index (χ0n) is 10.3. The highest BCUT2D eigenvalue weighted by Gasteiger charge is 2.06. The van der Waals surface area contributed by atoms with E-state index in [1.165, 1.54) is 0 Å². The molecule has 0 fully saturated rings. The molecule has 0 N–H and O–H groups in total. The second-order valence-electron chi connectivity index (χ2n) is 3.78. The van der Waals surface area contributed by atoms with Crippen LogP contribution in [-0.2, 0) is 12.5 Å². The number of hydrogen-bond acceptors (Lipinski definition) is 4. The Labute approximate surface area is 115 Å². The topological polar surface area (TPSA) is 31.4 Å². The Morgan fingerprint density at radius 1 is 1.39 bits per heavy atom. The van der Waals surface area contributed by atoms with Crippen LogP contribution in [0, 0.1) is 6.92 Å². The maximum atomic E-state index is 5.90. The van der Waals surface area contributed by atoms with E-state index in [-0.39, 0.29) is 0 Å². The Balaban J connectivity index is 2.08. The number of hydrogen-bond donors (Lipinski definition) is 0. The van der Waals surface area contributed by atoms with Crippen molar-refractivity contribution < 1.29 is 9.47 Å². The van der Waals surface area contributed by atoms with E-state index in [1.54, 1.807) is 18.4 Å². The van der Waals surface area contributed by atoms with E-state index in [2.05, 4.69) is 4.98 Å². The summed E-state index contributed by atoms with van der Waals surface area (Å²) in [6.45, 7) is 2.44. The van der Waals surface area contributed by atoms with Gasteiger partial charge in [0.2, 0.25) is 0 Å². The summed E-state index contributed by atoms with van der Waals surface area (Å²) in [4.78, 5) is 4.35. The van der Waals surface area contributed by atoms with Crippen molar-refractivity contribution >= 4 is 22.9 Å². The van der Waals surface area contributed by atoms with Crippen molar-refractivity contribution in [2.24, 2.45) is 0 Å². The van der Waals surface area contributed by atoms with Crippen molar-refractivity contribution in [3.63, 3.8) is 0 Å². The summed E-state index contributed by atoms with van der Waals surface area (Å²) < 4.78 is 10.9. The van der Waals surface area contributed by atoms with Gasteiger partial charge in [0.25, 0.3) is 0 Å². The van der Waals surface area contributed by atoms with Crippen molar-refractivity contribution in [1.29, 1.82) is 0 Å². The lowest BCUT2D eigenvalue weighted by Crippen LogP contribution is -1.98. The first kappa shape index (κ1) is 13.2. The van der Waals surface area contributed by atoms with Crippen molar-refractivity contribution in [2.45, 2.75) is 19.4 Å². The second kappa shape index (κ2) is 6.07. The summed E-state index contributed by atoms with van der Waals surface area (Å²) in [6.07, 6.45) is 0. The molecule has 0 aliphatic carbocycles. The van der Waals surface area contributed by atoms with Crippen LogP contribution in [0.4, 0.5) is 0 Å². The Kier molecular flexibility index (Phi) is 4.44. The van der Waals surface area contributed by atoms with Gasteiger partial charge in [-0.3, -0.25) is 0 Å². The third kappa shape index (κ3) is 3.15. The van der Waals surface area contributed by atoms with Crippen LogP contribution in [0.15, 0.2) is 23.6 Å². The van der Waals surface area contributed by atoms with Crippen LogP contribution in [0.2, 0.25) is 0 Å². The van der Waals surface area contributed by atoms with Gasteiger partial charge >= 0.3 is 0 Å². The number of ether oxygens (including phenoxy) is 2. The van der Waals surface area contributed by atoms with Gasteiger partial charge in [0.05, 0.1) is 13.0 Å². The van der Waals surface area contributed by atoms with Gasteiger partial charge in [-0.15, -0.1) is 22.9 Å². The quantitative estimate of drug-likeness (QED) is 0.783. The van der Waals surface area contributed by atoms with E-state index >= 15 is 0 Å². The zero-order chi connectivity index (χ0) is 13.0. The second-order valence-corrected chi connectivity index (χ2v) is 4.99. The Bertz CT molecular complexity index is 527. The Morgan fingerprint density at radius 3 is 2.83 bits per heavy atom. The monoisotopic (exact) mass is 283 g/mol. The first-order valence-corrected chi connectivity index (χ1v) is 6.91. The van der Waals surface area contributed by atoms with Gasteiger partial charge < -0.3 is 9.47 Å². The predicted octanol–water partition coefficient (Wildman–Crippen LogP) is 3.78. The molecular formula is C13H14ClNO2S. The van der Waals surface area contributed by atoms with Crippen molar-refractivity contribution in [2.75, 3.05) is 7.11 Å². The summed E-state index contributed by atoms with van der Waals surface area (Å²) in [5.41, 5.74) is 1.94. The van der Waals surface area contributed by atoms with Crippen LogP contribution < -0.4 is 9.47 Å². The van der Waals surface area contributed by atoms with Gasteiger partial charge in [0.15, 0.2) is 0 Å². The fourth-order valence-corrected chi connectivity index (χ4v) is 2.43. The fourth-order valence-electron chi connectivity index (χ4n) is 1.54. The lowest BCUT2D eigenvalue weighted by molar-refractivity contribution is 0.302. The molecular weight excluding hydrogens is 270 g/mol. The summed E-state index contributed by atoms with van der Waals surface area (Å²) in [7, 11) is 1.63. The summed E-state index contributed by atoms with van der Waals surface area (Å²) in [5.74, 6) is 1.95. The molecule has 0 aliphatic rings. The van der Waals surface area contributed by atoms with Crippen LogP contribution in [0.25, 0.3) is 0 Å². The number of benzene rings is 1. The first-order chi connectivity index (χ1) is 8.72. The van der Waals surface area contributed by atoms with Crippen molar-refractivity contribution in [1.82, 2.24) is 4.98 Å². The van der Waals surface area contributed by atoms with Crippen LogP contribution in [0.3, 0.4) is 0 Å². The third-order valence-electron chi connectivity index (χ3n) is 2.43. The number of thiazole rings is 1. The molecule has 0 saturated heterocycles. The average Bonchev–Trinajstić information content (AvgIpc) is 2.82. The normalized spacial score (nSPS) is 10.4. The maximum absolute atomic E-state index is 5.90. The van der Waals surface area contributed by atoms with Crippen LogP contribution >= 0.6 is 22.9 Å². The van der Waals surface area contributed by atoms with Gasteiger partial charge in [0, 0.05) is 16.6 Å². The highest BCUT2D eigenvalue weighted by Crippen LogP contribution is 2.26. The molecule has 0 aliphatic heterocycles. The Morgan fingerprint density at radius 2 is 2.22 bits per heavy atom. The van der Waals surface area contributed by atoms with Gasteiger partial charge in [-0.25, -0.2) is 4.98 Å². The number of halogens is 1. The first-order valence-electron chi connectivity index (χ1n) is 5.49. The molecule has 0 spiro atoms. The molecule has 1 aromatic carbocycles. The third-order valence-corrected chi connectivity index (χ3v) is 3.66. The fraction of sp³-hybridized carbons (Fsp3) is 0.308. The molecule has 1 aromatic heterocycles. The molecule has 0 unspecified atom stereocenters. The zero-order valence-corrected chi connectivity index (χ0v) is 11.8. The van der Waals surface area contributed by atoms with E-state index in [0.29, 0.717) is 12.5 Å². The van der Waals surface area contributed by atoms with Crippen LogP contribution in [0.1, 0.15) is 16.3 Å². The van der Waals surface area contributed by atoms with Gasteiger partial charge in [-0.2, -0.15) is 0 Å². The summed E-state index contributed by atoms with van der Waals surface area (Å²) in [6, 6.07) is 5.62. The molecule has 0 radical (unpaired) electrons. The average molecular weight is 284 g/mol. The minimum atomic E-state index is 0.392. The lowest BCUT2D eigenvalue weighted by Gasteiger charge is -2.10. The molecule has 0 saturated carbocycles. The number of aryl methyl sites for hydroxylation is 1. The molecule has 0 atom stereocenters. The number of nitrogens with zero attached hydrogens (tertiary/aromatic N) is 1. The molecule has 0 amide bonds. The van der Waals surface area contributed by atoms with Crippen LogP contribution in [0.5, 0.6) is 11.5 Å². The van der Waals surface area contributed by atoms with E-state index in [0.717, 1.165) is 27.8 Å². The molecule has 3 nitrogen and oxygen atoms in total. The number of rotatable bonds is 5. The molecule has 2 rings (SSSR count). The maximum Gasteiger partial charge on any atom is 0.140 e. The highest BCUT2D eigenvalue weighted by molar-refractivity contribution is 7.09. The number of methoxy groups -OCH3 is 1. The van der Waals surface area contributed by atoms with E-state index in [9.17, 15) is 0 Å². The predicted molar refractivity (Wildman–Crippen MR) is 73.7 cm³/mol. The largest absolute Gasteiger partial charge is 0.497 e. The van der Waals surface area contributed by atoms with Crippen molar-refractivity contribution in [3.8, 4) is 11.5 Å². The van der Waals surface area contributed by atoms with Gasteiger partial charge in [-0.1, -0.05) is 0 Å². The summed E-state index contributed by atoms with van der Waals surface area (Å²) >= 11 is 7.49. The number of alkyl halides is 1. The Hall–Kier alpha value is -1.26. The van der Waals surface area contributed by atoms with Gasteiger partial charge in [0.1, 0.15) is 23.1 Å². The molecule has 18 heavy (non-hydrogen) atoms. The minimum Gasteiger partial charge on any atom is -0.497 e. The van der Waals surface area contributed by atoms with Crippen LogP contribution in [-0.4, -0.2) is 12.1 Å². The lowest BCUT2D eigenvalue weighted by atomic mass is 10.2.